The Hall–Kier alpha value is -3.66. The van der Waals surface area contributed by atoms with Crippen LogP contribution in [0, 0.1) is 13.8 Å². The standard InChI is InChI=1S/C25H20N2O2/c1-16-21-14-27(15-29-25(28)18-8-4-3-5-9-18)13-12-19(21)17(2)24-23(16)20-10-6-7-11-22(20)26-24/h3-14H,15H2,1-2H3/p+1. The summed E-state index contributed by atoms with van der Waals surface area (Å²) in [5.41, 5.74) is 5.34. The molecule has 29 heavy (non-hydrogen) atoms. The Kier molecular flexibility index (Phi) is 4.06. The Balaban J connectivity index is 1.57. The van der Waals surface area contributed by atoms with Crippen LogP contribution in [0.5, 0.6) is 0 Å². The quantitative estimate of drug-likeness (QED) is 0.345. The molecule has 0 saturated carbocycles. The lowest BCUT2D eigenvalue weighted by atomic mass is 9.97. The fourth-order valence-corrected chi connectivity index (χ4v) is 4.12. The van der Waals surface area contributed by atoms with Crippen molar-refractivity contribution in [3.8, 4) is 0 Å². The van der Waals surface area contributed by atoms with Crippen molar-refractivity contribution in [2.45, 2.75) is 20.6 Å². The molecule has 0 atom stereocenters. The number of aromatic nitrogens is 2. The average Bonchev–Trinajstić information content (AvgIpc) is 3.16. The Morgan fingerprint density at radius 3 is 2.48 bits per heavy atom. The highest BCUT2D eigenvalue weighted by atomic mass is 16.5. The van der Waals surface area contributed by atoms with E-state index in [1.807, 2.05) is 29.0 Å². The van der Waals surface area contributed by atoms with E-state index in [2.05, 4.69) is 55.4 Å². The van der Waals surface area contributed by atoms with Crippen LogP contribution in [0.4, 0.5) is 0 Å². The molecule has 4 nitrogen and oxygen atoms in total. The predicted molar refractivity (Wildman–Crippen MR) is 115 cm³/mol. The number of para-hydroxylation sites is 1. The fraction of sp³-hybridized carbons (Fsp3) is 0.120. The van der Waals surface area contributed by atoms with Gasteiger partial charge in [0.2, 0.25) is 0 Å². The van der Waals surface area contributed by atoms with Crippen LogP contribution in [0.15, 0.2) is 73.1 Å². The summed E-state index contributed by atoms with van der Waals surface area (Å²) in [6.45, 7) is 4.48. The van der Waals surface area contributed by atoms with Gasteiger partial charge in [-0.3, -0.25) is 0 Å². The van der Waals surface area contributed by atoms with Gasteiger partial charge in [-0.2, -0.15) is 4.57 Å². The molecule has 0 spiro atoms. The second-order valence-corrected chi connectivity index (χ2v) is 7.38. The molecule has 3 aromatic carbocycles. The number of esters is 1. The second kappa shape index (κ2) is 6.74. The van der Waals surface area contributed by atoms with Crippen LogP contribution in [-0.4, -0.2) is 11.0 Å². The molecule has 2 heterocycles. The van der Waals surface area contributed by atoms with Crippen LogP contribution in [0.1, 0.15) is 21.5 Å². The summed E-state index contributed by atoms with van der Waals surface area (Å²) in [5, 5.41) is 4.85. The highest BCUT2D eigenvalue weighted by Crippen LogP contribution is 2.35. The van der Waals surface area contributed by atoms with Crippen LogP contribution in [0.2, 0.25) is 0 Å². The number of carbonyl (C=O) groups excluding carboxylic acids is 1. The number of H-pyrrole nitrogens is 1. The number of nitrogens with one attached hydrogen (secondary N) is 1. The Morgan fingerprint density at radius 1 is 0.897 bits per heavy atom. The second-order valence-electron chi connectivity index (χ2n) is 7.38. The average molecular weight is 381 g/mol. The molecule has 1 N–H and O–H groups in total. The van der Waals surface area contributed by atoms with Crippen LogP contribution in [0.3, 0.4) is 0 Å². The van der Waals surface area contributed by atoms with Crippen molar-refractivity contribution in [2.24, 2.45) is 0 Å². The number of pyridine rings is 1. The zero-order valence-electron chi connectivity index (χ0n) is 16.4. The molecule has 0 bridgehead atoms. The van der Waals surface area contributed by atoms with E-state index in [9.17, 15) is 4.79 Å². The lowest BCUT2D eigenvalue weighted by Gasteiger charge is -2.09. The topological polar surface area (TPSA) is 46.0 Å². The highest BCUT2D eigenvalue weighted by molar-refractivity contribution is 6.16. The van der Waals surface area contributed by atoms with Gasteiger partial charge >= 0.3 is 5.97 Å². The first-order valence-electron chi connectivity index (χ1n) is 9.68. The predicted octanol–water partition coefficient (Wildman–Crippen LogP) is 5.19. The molecule has 0 aliphatic rings. The summed E-state index contributed by atoms with van der Waals surface area (Å²) >= 11 is 0. The van der Waals surface area contributed by atoms with E-state index < -0.39 is 0 Å². The van der Waals surface area contributed by atoms with E-state index in [1.54, 1.807) is 12.1 Å². The van der Waals surface area contributed by atoms with E-state index in [1.165, 1.54) is 32.8 Å². The summed E-state index contributed by atoms with van der Waals surface area (Å²) in [6, 6.07) is 19.6. The maximum absolute atomic E-state index is 12.2. The first-order valence-corrected chi connectivity index (χ1v) is 9.68. The van der Waals surface area contributed by atoms with E-state index in [0.717, 1.165) is 10.9 Å². The van der Waals surface area contributed by atoms with Gasteiger partial charge in [0.05, 0.1) is 11.1 Å². The number of carbonyl (C=O) groups is 1. The fourth-order valence-electron chi connectivity index (χ4n) is 4.12. The number of ether oxygens (including phenoxy) is 1. The molecule has 4 heteroatoms. The maximum atomic E-state index is 12.2. The lowest BCUT2D eigenvalue weighted by molar-refractivity contribution is -0.726. The molecule has 0 fully saturated rings. The van der Waals surface area contributed by atoms with Crippen molar-refractivity contribution >= 4 is 38.5 Å². The molecule has 0 aliphatic carbocycles. The molecular weight excluding hydrogens is 360 g/mol. The zero-order chi connectivity index (χ0) is 20.0. The van der Waals surface area contributed by atoms with Gasteiger partial charge in [0, 0.05) is 27.7 Å². The Labute approximate surface area is 168 Å². The Bertz CT molecular complexity index is 1380. The number of benzene rings is 3. The highest BCUT2D eigenvalue weighted by Gasteiger charge is 2.17. The molecule has 5 rings (SSSR count). The summed E-state index contributed by atoms with van der Waals surface area (Å²) in [5.74, 6) is -0.321. The van der Waals surface area contributed by atoms with Crippen LogP contribution in [0.25, 0.3) is 32.6 Å². The minimum atomic E-state index is -0.321. The maximum Gasteiger partial charge on any atom is 0.342 e. The van der Waals surface area contributed by atoms with Crippen LogP contribution in [-0.2, 0) is 11.5 Å². The minimum Gasteiger partial charge on any atom is -0.401 e. The van der Waals surface area contributed by atoms with Gasteiger partial charge in [-0.1, -0.05) is 36.4 Å². The van der Waals surface area contributed by atoms with Crippen LogP contribution < -0.4 is 4.57 Å². The number of aryl methyl sites for hydroxylation is 2. The monoisotopic (exact) mass is 381 g/mol. The van der Waals surface area contributed by atoms with Crippen molar-refractivity contribution in [2.75, 3.05) is 0 Å². The number of hydrogen-bond acceptors (Lipinski definition) is 2. The third-order valence-corrected chi connectivity index (χ3v) is 5.64. The molecule has 0 unspecified atom stereocenters. The van der Waals surface area contributed by atoms with Crippen molar-refractivity contribution in [1.29, 1.82) is 0 Å². The number of aromatic amines is 1. The molecule has 0 amide bonds. The lowest BCUT2D eigenvalue weighted by Crippen LogP contribution is -2.35. The van der Waals surface area contributed by atoms with Gasteiger partial charge in [-0.05, 0) is 48.6 Å². The first-order chi connectivity index (χ1) is 14.1. The number of rotatable bonds is 3. The number of fused-ring (bicyclic) bond motifs is 4. The van der Waals surface area contributed by atoms with Crippen molar-refractivity contribution in [1.82, 2.24) is 4.98 Å². The van der Waals surface area contributed by atoms with Crippen molar-refractivity contribution in [3.05, 3.63) is 89.7 Å². The Morgan fingerprint density at radius 2 is 1.66 bits per heavy atom. The summed E-state index contributed by atoms with van der Waals surface area (Å²) < 4.78 is 7.41. The normalized spacial score (nSPS) is 11.4. The van der Waals surface area contributed by atoms with Gasteiger partial charge in [-0.15, -0.1) is 0 Å². The molecule has 0 aliphatic heterocycles. The first kappa shape index (κ1) is 17.4. The van der Waals surface area contributed by atoms with E-state index in [-0.39, 0.29) is 12.7 Å². The molecule has 0 radical (unpaired) electrons. The smallest absolute Gasteiger partial charge is 0.342 e. The third-order valence-electron chi connectivity index (χ3n) is 5.64. The van der Waals surface area contributed by atoms with Gasteiger partial charge in [-0.25, -0.2) is 4.79 Å². The molecule has 142 valence electrons. The van der Waals surface area contributed by atoms with Gasteiger partial charge < -0.3 is 9.72 Å². The summed E-state index contributed by atoms with van der Waals surface area (Å²) in [7, 11) is 0. The number of hydrogen-bond donors (Lipinski definition) is 1. The summed E-state index contributed by atoms with van der Waals surface area (Å²) in [4.78, 5) is 15.8. The minimum absolute atomic E-state index is 0.175. The van der Waals surface area contributed by atoms with Crippen molar-refractivity contribution < 1.29 is 14.1 Å². The van der Waals surface area contributed by atoms with Gasteiger partial charge in [0.25, 0.3) is 6.73 Å². The molecule has 0 saturated heterocycles. The summed E-state index contributed by atoms with van der Waals surface area (Å²) in [6.07, 6.45) is 4.03. The van der Waals surface area contributed by atoms with E-state index in [4.69, 9.17) is 4.74 Å². The SMILES string of the molecule is Cc1c2cc[n+](COC(=O)c3ccccc3)cc2c(C)c2c1[nH]c1ccccc12. The van der Waals surface area contributed by atoms with Gasteiger partial charge in [0.15, 0.2) is 12.4 Å². The van der Waals surface area contributed by atoms with E-state index >= 15 is 0 Å². The largest absolute Gasteiger partial charge is 0.401 e. The molecule has 2 aromatic heterocycles. The zero-order valence-corrected chi connectivity index (χ0v) is 16.4. The molecular formula is C25H21N2O2+. The van der Waals surface area contributed by atoms with Crippen LogP contribution >= 0.6 is 0 Å². The van der Waals surface area contributed by atoms with Gasteiger partial charge in [0.1, 0.15) is 0 Å². The molecule has 5 aromatic rings. The van der Waals surface area contributed by atoms with E-state index in [0.29, 0.717) is 5.56 Å². The van der Waals surface area contributed by atoms with Crippen molar-refractivity contribution in [3.63, 3.8) is 0 Å². The third kappa shape index (κ3) is 2.85. The number of nitrogens with zero attached hydrogens (tertiary/aromatic N) is 1.